The lowest BCUT2D eigenvalue weighted by molar-refractivity contribution is -0.126. The topological polar surface area (TPSA) is 178 Å². The Hall–Kier alpha value is -5.12. The van der Waals surface area contributed by atoms with Crippen LogP contribution in [0.3, 0.4) is 0 Å². The molecule has 12 heteroatoms. The second kappa shape index (κ2) is 15.7. The fourth-order valence-electron chi connectivity index (χ4n) is 4.58. The van der Waals surface area contributed by atoms with E-state index < -0.39 is 35.5 Å². The molecule has 0 fully saturated rings. The Morgan fingerprint density at radius 1 is 1.09 bits per heavy atom. The number of amides is 3. The molecule has 46 heavy (non-hydrogen) atoms. The molecule has 1 heterocycles. The first-order valence-electron chi connectivity index (χ1n) is 14.8. The largest absolute Gasteiger partial charge is 0.389 e. The molecule has 4 N–H and O–H groups in total. The van der Waals surface area contributed by atoms with Crippen molar-refractivity contribution in [2.45, 2.75) is 65.4 Å². The Morgan fingerprint density at radius 2 is 1.78 bits per heavy atom. The van der Waals surface area contributed by atoms with Gasteiger partial charge in [-0.3, -0.25) is 24.5 Å². The molecule has 0 bridgehead atoms. The van der Waals surface area contributed by atoms with Gasteiger partial charge in [0, 0.05) is 25.3 Å². The van der Waals surface area contributed by atoms with Gasteiger partial charge in [0.2, 0.25) is 5.91 Å². The van der Waals surface area contributed by atoms with Crippen LogP contribution in [0.1, 0.15) is 53.7 Å². The monoisotopic (exact) mass is 628 g/mol. The number of rotatable bonds is 14. The third-order valence-corrected chi connectivity index (χ3v) is 7.24. The number of allylic oxidation sites excluding steroid dienone is 1. The van der Waals surface area contributed by atoms with Crippen molar-refractivity contribution in [2.75, 3.05) is 11.9 Å². The molecule has 3 aromatic rings. The smallest absolute Gasteiger partial charge is 0.275 e. The van der Waals surface area contributed by atoms with Crippen LogP contribution in [0, 0.1) is 31.1 Å². The summed E-state index contributed by atoms with van der Waals surface area (Å²) in [6.07, 6.45) is 0.423. The van der Waals surface area contributed by atoms with Crippen molar-refractivity contribution in [1.29, 1.82) is 5.26 Å². The van der Waals surface area contributed by atoms with Crippen LogP contribution in [-0.2, 0) is 27.3 Å². The molecule has 0 radical (unpaired) electrons. The zero-order chi connectivity index (χ0) is 34.0. The van der Waals surface area contributed by atoms with Crippen LogP contribution in [0.15, 0.2) is 70.8 Å². The minimum absolute atomic E-state index is 0.00340. The molecule has 0 aliphatic carbocycles. The SMILES string of the molecule is Cc1ccc(CNC(=O)[C@H](Cc2cccc(N(C)C(=O)C(C#N)=CC(C)C)c2)N[C@](C=O)(NC(=O)c2cc(C)on2)[C@@H](C)O)cc1. The predicted octanol–water partition coefficient (Wildman–Crippen LogP) is 2.88. The summed E-state index contributed by atoms with van der Waals surface area (Å²) in [5.74, 6) is -1.45. The number of hydrogen-bond donors (Lipinski definition) is 4. The summed E-state index contributed by atoms with van der Waals surface area (Å²) >= 11 is 0. The van der Waals surface area contributed by atoms with Gasteiger partial charge in [-0.2, -0.15) is 5.26 Å². The van der Waals surface area contributed by atoms with Crippen molar-refractivity contribution < 1.29 is 28.8 Å². The maximum atomic E-state index is 13.7. The highest BCUT2D eigenvalue weighted by Gasteiger charge is 2.41. The standard InChI is InChI=1S/C34H40N6O6/c1-21(2)14-27(18-35)33(45)40(6)28-9-7-8-26(16-28)17-29(31(43)36-19-25-12-10-22(3)11-13-25)37-34(20-41,24(5)42)38-32(44)30-15-23(4)46-39-30/h7-16,20-21,24,29,37,42H,17,19H2,1-6H3,(H,36,43)(H,38,44)/t24-,29+,34-/m1/s1. The Labute approximate surface area is 268 Å². The van der Waals surface area contributed by atoms with E-state index in [9.17, 15) is 29.5 Å². The van der Waals surface area contributed by atoms with Gasteiger partial charge in [-0.15, -0.1) is 0 Å². The van der Waals surface area contributed by atoms with Crippen molar-refractivity contribution >= 4 is 29.7 Å². The molecule has 0 unspecified atom stereocenters. The number of carbonyl (C=O) groups is 4. The van der Waals surface area contributed by atoms with Crippen LogP contribution in [0.4, 0.5) is 5.69 Å². The summed E-state index contributed by atoms with van der Waals surface area (Å²) < 4.78 is 4.97. The molecule has 0 aliphatic rings. The molecule has 242 valence electrons. The summed E-state index contributed by atoms with van der Waals surface area (Å²) in [6, 6.07) is 16.6. The molecular weight excluding hydrogens is 588 g/mol. The normalized spacial score (nSPS) is 14.0. The van der Waals surface area contributed by atoms with Gasteiger partial charge in [-0.25, -0.2) is 0 Å². The number of nitriles is 1. The number of aliphatic hydroxyl groups is 1. The van der Waals surface area contributed by atoms with Crippen molar-refractivity contribution in [2.24, 2.45) is 5.92 Å². The number of nitrogens with zero attached hydrogens (tertiary/aromatic N) is 3. The maximum Gasteiger partial charge on any atom is 0.275 e. The third kappa shape index (κ3) is 9.20. The summed E-state index contributed by atoms with van der Waals surface area (Å²) in [4.78, 5) is 53.7. The predicted molar refractivity (Wildman–Crippen MR) is 171 cm³/mol. The molecule has 0 aliphatic heterocycles. The highest BCUT2D eigenvalue weighted by molar-refractivity contribution is 6.08. The molecule has 0 saturated carbocycles. The molecule has 2 aromatic carbocycles. The lowest BCUT2D eigenvalue weighted by Crippen LogP contribution is -2.70. The van der Waals surface area contributed by atoms with Crippen molar-refractivity contribution in [3.05, 3.63) is 94.4 Å². The van der Waals surface area contributed by atoms with E-state index in [0.29, 0.717) is 23.3 Å². The second-order valence-corrected chi connectivity index (χ2v) is 11.5. The second-order valence-electron chi connectivity index (χ2n) is 11.5. The van der Waals surface area contributed by atoms with Gasteiger partial charge in [0.1, 0.15) is 17.4 Å². The van der Waals surface area contributed by atoms with Crippen LogP contribution in [0.2, 0.25) is 0 Å². The van der Waals surface area contributed by atoms with E-state index in [-0.39, 0.29) is 30.2 Å². The van der Waals surface area contributed by atoms with E-state index in [1.165, 1.54) is 17.9 Å². The highest BCUT2D eigenvalue weighted by Crippen LogP contribution is 2.20. The number of carbonyl (C=O) groups excluding carboxylic acids is 4. The average molecular weight is 629 g/mol. The summed E-state index contributed by atoms with van der Waals surface area (Å²) in [5.41, 5.74) is 0.760. The van der Waals surface area contributed by atoms with Crippen molar-refractivity contribution in [1.82, 2.24) is 21.1 Å². The fraction of sp³-hybridized carbons (Fsp3) is 0.353. The third-order valence-electron chi connectivity index (χ3n) is 7.24. The van der Waals surface area contributed by atoms with E-state index in [2.05, 4.69) is 21.1 Å². The number of aldehydes is 1. The molecule has 3 rings (SSSR count). The Balaban J connectivity index is 1.95. The van der Waals surface area contributed by atoms with Crippen LogP contribution < -0.4 is 20.9 Å². The first kappa shape index (κ1) is 35.4. The molecular formula is C34H40N6O6. The van der Waals surface area contributed by atoms with E-state index in [0.717, 1.165) is 11.1 Å². The number of benzene rings is 2. The number of likely N-dealkylation sites (N-methyl/N-ethyl adjacent to an activating group) is 1. The van der Waals surface area contributed by atoms with Gasteiger partial charge >= 0.3 is 0 Å². The van der Waals surface area contributed by atoms with E-state index in [1.807, 2.05) is 51.1 Å². The van der Waals surface area contributed by atoms with Crippen LogP contribution >= 0.6 is 0 Å². The lowest BCUT2D eigenvalue weighted by Gasteiger charge is -2.36. The number of aryl methyl sites for hydroxylation is 2. The van der Waals surface area contributed by atoms with Crippen LogP contribution in [-0.4, -0.2) is 59.1 Å². The fourth-order valence-corrected chi connectivity index (χ4v) is 4.58. The number of aliphatic hydroxyl groups excluding tert-OH is 1. The Kier molecular flexibility index (Phi) is 12.1. The Morgan fingerprint density at radius 3 is 2.35 bits per heavy atom. The van der Waals surface area contributed by atoms with Crippen molar-refractivity contribution in [3.63, 3.8) is 0 Å². The molecule has 1 aromatic heterocycles. The average Bonchev–Trinajstić information content (AvgIpc) is 3.48. The lowest BCUT2D eigenvalue weighted by atomic mass is 9.98. The summed E-state index contributed by atoms with van der Waals surface area (Å²) in [5, 5.41) is 32.2. The molecule has 3 atom stereocenters. The van der Waals surface area contributed by atoms with Gasteiger partial charge in [-0.05, 0) is 56.4 Å². The van der Waals surface area contributed by atoms with Crippen LogP contribution in [0.25, 0.3) is 0 Å². The first-order valence-corrected chi connectivity index (χ1v) is 14.8. The van der Waals surface area contributed by atoms with Crippen molar-refractivity contribution in [3.8, 4) is 6.07 Å². The van der Waals surface area contributed by atoms with Crippen LogP contribution in [0.5, 0.6) is 0 Å². The number of hydrogen-bond acceptors (Lipinski definition) is 9. The van der Waals surface area contributed by atoms with Gasteiger partial charge < -0.3 is 25.2 Å². The zero-order valence-electron chi connectivity index (χ0n) is 26.8. The van der Waals surface area contributed by atoms with Gasteiger partial charge in [0.15, 0.2) is 17.6 Å². The van der Waals surface area contributed by atoms with E-state index in [1.54, 1.807) is 44.3 Å². The number of anilines is 1. The molecule has 12 nitrogen and oxygen atoms in total. The first-order chi connectivity index (χ1) is 21.8. The van der Waals surface area contributed by atoms with E-state index in [4.69, 9.17) is 4.52 Å². The molecule has 3 amide bonds. The summed E-state index contributed by atoms with van der Waals surface area (Å²) in [6.45, 7) is 8.76. The van der Waals surface area contributed by atoms with E-state index >= 15 is 0 Å². The highest BCUT2D eigenvalue weighted by atomic mass is 16.5. The Bertz CT molecular complexity index is 1620. The minimum Gasteiger partial charge on any atom is -0.389 e. The van der Waals surface area contributed by atoms with Gasteiger partial charge in [0.05, 0.1) is 12.1 Å². The summed E-state index contributed by atoms with van der Waals surface area (Å²) in [7, 11) is 1.54. The minimum atomic E-state index is -2.09. The van der Waals surface area contributed by atoms with Gasteiger partial charge in [0.25, 0.3) is 11.8 Å². The quantitative estimate of drug-likeness (QED) is 0.0904. The maximum absolute atomic E-state index is 13.7. The zero-order valence-corrected chi connectivity index (χ0v) is 26.8. The molecule has 0 spiro atoms. The molecule has 0 saturated heterocycles. The van der Waals surface area contributed by atoms with Gasteiger partial charge in [-0.1, -0.05) is 67.0 Å². The number of aromatic nitrogens is 1. The number of nitrogens with one attached hydrogen (secondary N) is 3.